The van der Waals surface area contributed by atoms with Crippen LogP contribution >= 0.6 is 0 Å². The number of hydrogen-bond acceptors (Lipinski definition) is 1. The molecule has 62 valence electrons. The maximum atomic E-state index is 11.2. The zero-order valence-corrected chi connectivity index (χ0v) is 7.05. The smallest absolute Gasteiger partial charge is 0.139 e. The summed E-state index contributed by atoms with van der Waals surface area (Å²) >= 11 is 0. The van der Waals surface area contributed by atoms with E-state index < -0.39 is 0 Å². The molecule has 0 aromatic carbocycles. The lowest BCUT2D eigenvalue weighted by Gasteiger charge is -2.22. The number of hydrogen-bond donors (Lipinski definition) is 1. The predicted octanol–water partition coefficient (Wildman–Crippen LogP) is 0.232. The fourth-order valence-corrected chi connectivity index (χ4v) is 3.04. The second-order valence-corrected chi connectivity index (χ2v) is 4.13. The van der Waals surface area contributed by atoms with Gasteiger partial charge in [-0.2, -0.15) is 0 Å². The summed E-state index contributed by atoms with van der Waals surface area (Å²) in [5.74, 6) is 2.15. The molecule has 0 aliphatic heterocycles. The minimum Gasteiger partial charge on any atom is -0.354 e. The minimum atomic E-state index is 0.314. The molecule has 2 rings (SSSR count). The van der Waals surface area contributed by atoms with E-state index in [4.69, 9.17) is 0 Å². The average molecular weight is 154 g/mol. The van der Waals surface area contributed by atoms with Crippen LogP contribution in [0.5, 0.6) is 0 Å². The molecule has 2 fully saturated rings. The highest BCUT2D eigenvalue weighted by atomic mass is 16.1. The van der Waals surface area contributed by atoms with Crippen molar-refractivity contribution in [3.05, 3.63) is 0 Å². The monoisotopic (exact) mass is 154 g/mol. The first-order valence-corrected chi connectivity index (χ1v) is 4.53. The maximum absolute atomic E-state index is 11.2. The van der Waals surface area contributed by atoms with Crippen LogP contribution < -0.4 is 5.73 Å². The Morgan fingerprint density at radius 3 is 2.36 bits per heavy atom. The van der Waals surface area contributed by atoms with E-state index in [-0.39, 0.29) is 0 Å². The van der Waals surface area contributed by atoms with Gasteiger partial charge < -0.3 is 5.73 Å². The summed E-state index contributed by atoms with van der Waals surface area (Å²) in [5, 5.41) is 0. The van der Waals surface area contributed by atoms with Gasteiger partial charge in [-0.3, -0.25) is 4.79 Å². The molecule has 0 saturated heterocycles. The SMILES string of the molecule is CC(=O)C1C([NH3+])[C@@H]2CC[C@H]1C2. The van der Waals surface area contributed by atoms with Gasteiger partial charge in [0.15, 0.2) is 0 Å². The fourth-order valence-electron chi connectivity index (χ4n) is 3.04. The quantitative estimate of drug-likeness (QED) is 0.577. The summed E-state index contributed by atoms with van der Waals surface area (Å²) in [6, 6.07) is 0.436. The number of ketones is 1. The molecule has 4 atom stereocenters. The molecule has 2 heteroatoms. The average Bonchev–Trinajstić information content (AvgIpc) is 2.44. The molecule has 2 nitrogen and oxygen atoms in total. The first-order valence-electron chi connectivity index (χ1n) is 4.53. The van der Waals surface area contributed by atoms with Crippen LogP contribution in [0.4, 0.5) is 0 Å². The van der Waals surface area contributed by atoms with Crippen molar-refractivity contribution in [3.8, 4) is 0 Å². The Bertz CT molecular complexity index is 188. The lowest BCUT2D eigenvalue weighted by Crippen LogP contribution is -2.67. The summed E-state index contributed by atoms with van der Waals surface area (Å²) < 4.78 is 0. The third-order valence-corrected chi connectivity index (χ3v) is 3.56. The first-order chi connectivity index (χ1) is 5.20. The highest BCUT2D eigenvalue weighted by Crippen LogP contribution is 2.47. The van der Waals surface area contributed by atoms with Crippen LogP contribution in [0, 0.1) is 17.8 Å². The van der Waals surface area contributed by atoms with Crippen molar-refractivity contribution >= 4 is 5.78 Å². The Hall–Kier alpha value is -0.370. The Morgan fingerprint density at radius 2 is 2.00 bits per heavy atom. The lowest BCUT2D eigenvalue weighted by atomic mass is 9.83. The van der Waals surface area contributed by atoms with Gasteiger partial charge in [0, 0.05) is 5.92 Å². The summed E-state index contributed by atoms with van der Waals surface area (Å²) in [6.45, 7) is 1.73. The van der Waals surface area contributed by atoms with Gasteiger partial charge in [0.1, 0.15) is 5.78 Å². The number of carbonyl (C=O) groups is 1. The normalized spacial score (nSPS) is 48.2. The molecular formula is C9H16NO+. The van der Waals surface area contributed by atoms with Crippen LogP contribution in [0.15, 0.2) is 0 Å². The summed E-state index contributed by atoms with van der Waals surface area (Å²) in [7, 11) is 0. The second kappa shape index (κ2) is 2.31. The zero-order chi connectivity index (χ0) is 8.01. The van der Waals surface area contributed by atoms with Gasteiger partial charge in [0.25, 0.3) is 0 Å². The molecule has 3 N–H and O–H groups in total. The molecule has 2 bridgehead atoms. The van der Waals surface area contributed by atoms with Gasteiger partial charge in [-0.05, 0) is 32.1 Å². The molecule has 2 aliphatic carbocycles. The van der Waals surface area contributed by atoms with E-state index in [1.165, 1.54) is 19.3 Å². The molecule has 0 radical (unpaired) electrons. The second-order valence-electron chi connectivity index (χ2n) is 4.13. The van der Waals surface area contributed by atoms with Gasteiger partial charge in [-0.1, -0.05) is 0 Å². The van der Waals surface area contributed by atoms with Crippen LogP contribution in [0.25, 0.3) is 0 Å². The van der Waals surface area contributed by atoms with Crippen molar-refractivity contribution in [2.24, 2.45) is 17.8 Å². The van der Waals surface area contributed by atoms with Gasteiger partial charge in [-0.25, -0.2) is 0 Å². The summed E-state index contributed by atoms with van der Waals surface area (Å²) in [6.07, 6.45) is 3.88. The van der Waals surface area contributed by atoms with E-state index in [9.17, 15) is 4.79 Å². The standard InChI is InChI=1S/C9H15NO/c1-5(11)8-6-2-3-7(4-6)9(8)10/h6-9H,2-4,10H2,1H3/p+1/t6-,7+,8?,9?/m0/s1. The van der Waals surface area contributed by atoms with E-state index in [0.717, 1.165) is 5.92 Å². The van der Waals surface area contributed by atoms with Crippen molar-refractivity contribution in [1.82, 2.24) is 0 Å². The van der Waals surface area contributed by atoms with Crippen LogP contribution in [0.1, 0.15) is 26.2 Å². The van der Waals surface area contributed by atoms with Crippen LogP contribution in [-0.4, -0.2) is 11.8 Å². The highest BCUT2D eigenvalue weighted by molar-refractivity contribution is 5.79. The summed E-state index contributed by atoms with van der Waals surface area (Å²) in [5.41, 5.74) is 4.10. The highest BCUT2D eigenvalue weighted by Gasteiger charge is 2.50. The Kier molecular flexibility index (Phi) is 1.53. The van der Waals surface area contributed by atoms with Gasteiger partial charge in [0.2, 0.25) is 0 Å². The molecule has 11 heavy (non-hydrogen) atoms. The lowest BCUT2D eigenvalue weighted by molar-refractivity contribution is -0.439. The van der Waals surface area contributed by atoms with Crippen molar-refractivity contribution in [1.29, 1.82) is 0 Å². The molecule has 0 aromatic heterocycles. The van der Waals surface area contributed by atoms with Crippen molar-refractivity contribution < 1.29 is 10.5 Å². The molecule has 0 aromatic rings. The number of Topliss-reactive ketones (excluding diaryl/α,β-unsaturated/α-hetero) is 1. The first kappa shape index (κ1) is 7.29. The third kappa shape index (κ3) is 0.924. The maximum Gasteiger partial charge on any atom is 0.139 e. The molecular weight excluding hydrogens is 138 g/mol. The van der Waals surface area contributed by atoms with Crippen molar-refractivity contribution in [2.45, 2.75) is 32.2 Å². The Labute approximate surface area is 67.1 Å². The molecule has 0 heterocycles. The van der Waals surface area contributed by atoms with Crippen molar-refractivity contribution in [3.63, 3.8) is 0 Å². The topological polar surface area (TPSA) is 44.7 Å². The minimum absolute atomic E-state index is 0.314. The van der Waals surface area contributed by atoms with Gasteiger partial charge in [0.05, 0.1) is 12.0 Å². The molecule has 2 aliphatic rings. The number of fused-ring (bicyclic) bond motifs is 2. The van der Waals surface area contributed by atoms with E-state index in [0.29, 0.717) is 23.7 Å². The largest absolute Gasteiger partial charge is 0.354 e. The third-order valence-electron chi connectivity index (χ3n) is 3.56. The molecule has 2 unspecified atom stereocenters. The van der Waals surface area contributed by atoms with Crippen molar-refractivity contribution in [2.75, 3.05) is 0 Å². The molecule has 0 amide bonds. The van der Waals surface area contributed by atoms with Gasteiger partial charge >= 0.3 is 0 Å². The zero-order valence-electron chi connectivity index (χ0n) is 7.05. The van der Waals surface area contributed by atoms with E-state index >= 15 is 0 Å². The number of rotatable bonds is 1. The van der Waals surface area contributed by atoms with Crippen LogP contribution in [-0.2, 0) is 4.79 Å². The number of carbonyl (C=O) groups excluding carboxylic acids is 1. The Morgan fingerprint density at radius 1 is 1.36 bits per heavy atom. The van der Waals surface area contributed by atoms with E-state index in [1.807, 2.05) is 0 Å². The van der Waals surface area contributed by atoms with E-state index in [2.05, 4.69) is 5.73 Å². The van der Waals surface area contributed by atoms with Gasteiger partial charge in [-0.15, -0.1) is 0 Å². The predicted molar refractivity (Wildman–Crippen MR) is 41.7 cm³/mol. The summed E-state index contributed by atoms with van der Waals surface area (Å²) in [4.78, 5) is 11.2. The number of quaternary nitrogens is 1. The van der Waals surface area contributed by atoms with Crippen LogP contribution in [0.2, 0.25) is 0 Å². The molecule has 2 saturated carbocycles. The van der Waals surface area contributed by atoms with Crippen LogP contribution in [0.3, 0.4) is 0 Å². The Balaban J connectivity index is 2.17. The van der Waals surface area contributed by atoms with E-state index in [1.54, 1.807) is 6.92 Å². The molecule has 0 spiro atoms. The fraction of sp³-hybridized carbons (Fsp3) is 0.889.